The van der Waals surface area contributed by atoms with E-state index in [4.69, 9.17) is 5.73 Å². The van der Waals surface area contributed by atoms with E-state index in [1.54, 1.807) is 6.07 Å². The maximum atomic E-state index is 13.6. The summed E-state index contributed by atoms with van der Waals surface area (Å²) >= 11 is 0. The molecule has 0 saturated heterocycles. The molecule has 0 aromatic heterocycles. The molecule has 1 nitrogen and oxygen atoms in total. The molecule has 1 aliphatic rings. The van der Waals surface area contributed by atoms with Crippen LogP contribution in [-0.2, 0) is 6.42 Å². The molecule has 1 unspecified atom stereocenters. The molecule has 2 aromatic carbocycles. The predicted octanol–water partition coefficient (Wildman–Crippen LogP) is 5.43. The highest BCUT2D eigenvalue weighted by Gasteiger charge is 2.21. The van der Waals surface area contributed by atoms with Crippen molar-refractivity contribution in [1.29, 1.82) is 0 Å². The summed E-state index contributed by atoms with van der Waals surface area (Å²) in [4.78, 5) is 0. The molecular weight excluding hydrogens is 285 g/mol. The maximum absolute atomic E-state index is 13.6. The van der Waals surface area contributed by atoms with Crippen LogP contribution < -0.4 is 5.73 Å². The summed E-state index contributed by atoms with van der Waals surface area (Å²) in [6, 6.07) is 9.86. The van der Waals surface area contributed by atoms with Gasteiger partial charge in [-0.1, -0.05) is 45.0 Å². The van der Waals surface area contributed by atoms with Crippen molar-refractivity contribution in [3.05, 3.63) is 70.2 Å². The monoisotopic (exact) mass is 309 g/mol. The van der Waals surface area contributed by atoms with Crippen molar-refractivity contribution in [1.82, 2.24) is 0 Å². The first-order chi connectivity index (χ1) is 10.9. The summed E-state index contributed by atoms with van der Waals surface area (Å²) in [6.45, 7) is 8.43. The van der Waals surface area contributed by atoms with E-state index in [0.717, 1.165) is 23.2 Å². The van der Waals surface area contributed by atoms with Crippen LogP contribution in [0.4, 0.5) is 4.39 Å². The van der Waals surface area contributed by atoms with Crippen LogP contribution in [0.25, 0.3) is 11.1 Å². The Labute approximate surface area is 138 Å². The fourth-order valence-corrected chi connectivity index (χ4v) is 3.51. The molecule has 0 fully saturated rings. The molecule has 2 N–H and O–H groups in total. The van der Waals surface area contributed by atoms with Gasteiger partial charge in [0.1, 0.15) is 5.82 Å². The van der Waals surface area contributed by atoms with E-state index < -0.39 is 0 Å². The Morgan fingerprint density at radius 1 is 1.13 bits per heavy atom. The fraction of sp³-hybridized carbons (Fsp3) is 0.333. The van der Waals surface area contributed by atoms with Crippen molar-refractivity contribution in [2.75, 3.05) is 0 Å². The zero-order valence-electron chi connectivity index (χ0n) is 14.3. The third-order valence-electron chi connectivity index (χ3n) is 4.77. The molecule has 0 spiro atoms. The van der Waals surface area contributed by atoms with Gasteiger partial charge in [0.15, 0.2) is 0 Å². The Bertz CT molecular complexity index is 787. The van der Waals surface area contributed by atoms with Crippen molar-refractivity contribution in [3.8, 4) is 11.1 Å². The molecule has 1 atom stereocenters. The van der Waals surface area contributed by atoms with E-state index in [-0.39, 0.29) is 5.82 Å². The molecule has 2 aromatic rings. The molecule has 0 amide bonds. The Morgan fingerprint density at radius 3 is 2.52 bits per heavy atom. The van der Waals surface area contributed by atoms with E-state index in [9.17, 15) is 4.39 Å². The average molecular weight is 309 g/mol. The first kappa shape index (κ1) is 15.8. The van der Waals surface area contributed by atoms with Gasteiger partial charge in [0.05, 0.1) is 0 Å². The van der Waals surface area contributed by atoms with E-state index >= 15 is 0 Å². The van der Waals surface area contributed by atoms with Gasteiger partial charge in [-0.3, -0.25) is 0 Å². The first-order valence-corrected chi connectivity index (χ1v) is 8.26. The number of rotatable bonds is 2. The Hall–Kier alpha value is -2.09. The minimum atomic E-state index is -0.153. The van der Waals surface area contributed by atoms with Crippen LogP contribution in [0.1, 0.15) is 54.9 Å². The zero-order chi connectivity index (χ0) is 16.7. The lowest BCUT2D eigenvalue weighted by atomic mass is 9.80. The molecule has 2 heteroatoms. The Balaban J connectivity index is 2.19. The normalized spacial score (nSPS) is 17.1. The van der Waals surface area contributed by atoms with Crippen molar-refractivity contribution in [3.63, 3.8) is 0 Å². The summed E-state index contributed by atoms with van der Waals surface area (Å²) in [5.41, 5.74) is 14.1. The molecule has 1 aliphatic carbocycles. The van der Waals surface area contributed by atoms with Crippen LogP contribution in [0.15, 0.2) is 42.1 Å². The van der Waals surface area contributed by atoms with Gasteiger partial charge in [0.25, 0.3) is 0 Å². The molecule has 120 valence electrons. The van der Waals surface area contributed by atoms with Gasteiger partial charge < -0.3 is 5.73 Å². The molecule has 0 saturated carbocycles. The number of halogens is 1. The molecule has 23 heavy (non-hydrogen) atoms. The van der Waals surface area contributed by atoms with Crippen molar-refractivity contribution >= 4 is 0 Å². The topological polar surface area (TPSA) is 26.0 Å². The Morgan fingerprint density at radius 2 is 1.87 bits per heavy atom. The predicted molar refractivity (Wildman–Crippen MR) is 95.1 cm³/mol. The SMILES string of the molecule is Cc1cc(-c2cc(C(C)C)c3c(c2)C(C)C=C(N)C3)ccc1F. The number of hydrogen-bond acceptors (Lipinski definition) is 1. The van der Waals surface area contributed by atoms with Crippen LogP contribution in [0.2, 0.25) is 0 Å². The minimum absolute atomic E-state index is 0.153. The number of nitrogens with two attached hydrogens (primary N) is 1. The number of aryl methyl sites for hydroxylation is 1. The summed E-state index contributed by atoms with van der Waals surface area (Å²) in [5.74, 6) is 0.598. The molecule has 0 bridgehead atoms. The second-order valence-corrected chi connectivity index (χ2v) is 6.96. The van der Waals surface area contributed by atoms with Crippen molar-refractivity contribution in [2.24, 2.45) is 5.73 Å². The lowest BCUT2D eigenvalue weighted by Crippen LogP contribution is -2.15. The number of fused-ring (bicyclic) bond motifs is 1. The minimum Gasteiger partial charge on any atom is -0.402 e. The van der Waals surface area contributed by atoms with E-state index in [1.807, 2.05) is 19.1 Å². The largest absolute Gasteiger partial charge is 0.402 e. The summed E-state index contributed by atoms with van der Waals surface area (Å²) in [7, 11) is 0. The van der Waals surface area contributed by atoms with Crippen molar-refractivity contribution < 1.29 is 4.39 Å². The lowest BCUT2D eigenvalue weighted by molar-refractivity contribution is 0.619. The molecular formula is C21H24FN. The van der Waals surface area contributed by atoms with E-state index in [0.29, 0.717) is 17.4 Å². The number of allylic oxidation sites excluding steroid dienone is 2. The third kappa shape index (κ3) is 2.90. The van der Waals surface area contributed by atoms with Crippen molar-refractivity contribution in [2.45, 2.75) is 46.0 Å². The summed E-state index contributed by atoms with van der Waals surface area (Å²) in [6.07, 6.45) is 2.97. The van der Waals surface area contributed by atoms with Crippen LogP contribution >= 0.6 is 0 Å². The lowest BCUT2D eigenvalue weighted by Gasteiger charge is -2.26. The summed E-state index contributed by atoms with van der Waals surface area (Å²) < 4.78 is 13.6. The smallest absolute Gasteiger partial charge is 0.126 e. The first-order valence-electron chi connectivity index (χ1n) is 8.26. The van der Waals surface area contributed by atoms with Gasteiger partial charge in [0.2, 0.25) is 0 Å². The highest BCUT2D eigenvalue weighted by molar-refractivity contribution is 5.68. The quantitative estimate of drug-likeness (QED) is 0.787. The molecule has 0 heterocycles. The van der Waals surface area contributed by atoms with Gasteiger partial charge in [-0.2, -0.15) is 0 Å². The molecule has 3 rings (SSSR count). The number of hydrogen-bond donors (Lipinski definition) is 1. The maximum Gasteiger partial charge on any atom is 0.126 e. The van der Waals surface area contributed by atoms with Gasteiger partial charge >= 0.3 is 0 Å². The van der Waals surface area contributed by atoms with E-state index in [2.05, 4.69) is 39.0 Å². The second-order valence-electron chi connectivity index (χ2n) is 6.96. The third-order valence-corrected chi connectivity index (χ3v) is 4.77. The molecule has 0 radical (unpaired) electrons. The van der Waals surface area contributed by atoms with Crippen LogP contribution in [0.5, 0.6) is 0 Å². The van der Waals surface area contributed by atoms with Gasteiger partial charge in [-0.25, -0.2) is 4.39 Å². The van der Waals surface area contributed by atoms with Crippen LogP contribution in [0.3, 0.4) is 0 Å². The number of benzene rings is 2. The van der Waals surface area contributed by atoms with E-state index in [1.165, 1.54) is 16.7 Å². The Kier molecular flexibility index (Phi) is 4.01. The van der Waals surface area contributed by atoms with Crippen LogP contribution in [0, 0.1) is 12.7 Å². The second kappa shape index (κ2) is 5.84. The standard InChI is InChI=1S/C21H24FN/c1-12(2)18-9-16(15-5-6-21(22)14(4)7-15)10-19-13(3)8-17(23)11-20(18)19/h5-10,12-13H,11,23H2,1-4H3. The highest BCUT2D eigenvalue weighted by Crippen LogP contribution is 2.37. The fourth-order valence-electron chi connectivity index (χ4n) is 3.51. The average Bonchev–Trinajstić information content (AvgIpc) is 2.49. The van der Waals surface area contributed by atoms with Gasteiger partial charge in [-0.05, 0) is 58.4 Å². The molecule has 0 aliphatic heterocycles. The van der Waals surface area contributed by atoms with Gasteiger partial charge in [-0.15, -0.1) is 0 Å². The van der Waals surface area contributed by atoms with Crippen LogP contribution in [-0.4, -0.2) is 0 Å². The van der Waals surface area contributed by atoms with Gasteiger partial charge in [0, 0.05) is 18.0 Å². The zero-order valence-corrected chi connectivity index (χ0v) is 14.3. The highest BCUT2D eigenvalue weighted by atomic mass is 19.1. The summed E-state index contributed by atoms with van der Waals surface area (Å²) in [5, 5.41) is 0.